The third-order valence-electron chi connectivity index (χ3n) is 7.36. The number of nitrogens with zero attached hydrogens (tertiary/aromatic N) is 5. The fourth-order valence-corrected chi connectivity index (χ4v) is 5.32. The van der Waals surface area contributed by atoms with Crippen LogP contribution in [-0.2, 0) is 13.0 Å². The van der Waals surface area contributed by atoms with E-state index in [2.05, 4.69) is 36.1 Å². The topological polar surface area (TPSA) is 164 Å². The molecule has 1 aliphatic heterocycles. The maximum Gasteiger partial charge on any atom is 0.335 e. The van der Waals surface area contributed by atoms with Crippen molar-refractivity contribution < 1.29 is 24.2 Å². The molecule has 3 heterocycles. The molecule has 4 aromatic rings. The molecule has 210 valence electrons. The maximum absolute atomic E-state index is 13.5. The van der Waals surface area contributed by atoms with Gasteiger partial charge < -0.3 is 25.8 Å². The average molecular weight is 565 g/mol. The van der Waals surface area contributed by atoms with Crippen LogP contribution < -0.4 is 20.7 Å². The molecule has 13 heteroatoms. The van der Waals surface area contributed by atoms with Crippen molar-refractivity contribution in [3.63, 3.8) is 0 Å². The van der Waals surface area contributed by atoms with Gasteiger partial charge in [0.2, 0.25) is 5.84 Å². The fraction of sp³-hybridized carbons (Fsp3) is 0.207. The van der Waals surface area contributed by atoms with E-state index >= 15 is 0 Å². The van der Waals surface area contributed by atoms with Gasteiger partial charge in [-0.1, -0.05) is 12.1 Å². The Kier molecular flexibility index (Phi) is 6.71. The second kappa shape index (κ2) is 10.7. The zero-order valence-electron chi connectivity index (χ0n) is 22.3. The van der Waals surface area contributed by atoms with Crippen molar-refractivity contribution in [3.8, 4) is 5.75 Å². The van der Waals surface area contributed by atoms with E-state index in [9.17, 15) is 19.5 Å². The highest BCUT2D eigenvalue weighted by Gasteiger charge is 2.29. The van der Waals surface area contributed by atoms with E-state index in [-0.39, 0.29) is 36.1 Å². The molecule has 2 aromatic carbocycles. The number of amides is 2. The first-order chi connectivity index (χ1) is 20.3. The largest absolute Gasteiger partial charge is 0.483 e. The number of hydrogen-bond acceptors (Lipinski definition) is 7. The predicted molar refractivity (Wildman–Crippen MR) is 150 cm³/mol. The van der Waals surface area contributed by atoms with Gasteiger partial charge in [-0.25, -0.2) is 14.3 Å². The average Bonchev–Trinajstić information content (AvgIpc) is 3.63. The molecular weight excluding hydrogens is 540 g/mol. The first kappa shape index (κ1) is 26.5. The molecule has 0 radical (unpaired) electrons. The molecule has 0 unspecified atom stereocenters. The second-order valence-corrected chi connectivity index (χ2v) is 9.88. The zero-order chi connectivity index (χ0) is 29.4. The Balaban J connectivity index is 1.19. The highest BCUT2D eigenvalue weighted by molar-refractivity contribution is 6.00. The lowest BCUT2D eigenvalue weighted by Gasteiger charge is -2.19. The van der Waals surface area contributed by atoms with E-state index < -0.39 is 17.8 Å². The highest BCUT2D eigenvalue weighted by Crippen LogP contribution is 2.35. The van der Waals surface area contributed by atoms with Crippen molar-refractivity contribution in [2.45, 2.75) is 32.4 Å². The number of anilines is 1. The second-order valence-electron chi connectivity index (χ2n) is 9.88. The highest BCUT2D eigenvalue weighted by atomic mass is 16.5. The summed E-state index contributed by atoms with van der Waals surface area (Å²) in [6.07, 6.45) is 2.76. The molecule has 42 heavy (non-hydrogen) atoms. The first-order valence-electron chi connectivity index (χ1n) is 13.1. The van der Waals surface area contributed by atoms with Crippen LogP contribution in [0.5, 0.6) is 5.75 Å². The standard InChI is InChI=1S/C29H24N8O5/c1-15-17-6-7-20(19(17)5-4-18(15)29(40)41)35-28(39)23-12-22(34-26-9-10-32-37(23)26)27(38)31-13-16-3-8-24-21(11-16)33-25(14-42-24)36-30-2/h3-5,8-12,20H,6-7,13-14H2,1H3,(H,31,38)(H,33,36)(H,35,39)(H,40,41)/t20-/m0/s1. The minimum Gasteiger partial charge on any atom is -0.483 e. The third-order valence-corrected chi connectivity index (χ3v) is 7.36. The predicted octanol–water partition coefficient (Wildman–Crippen LogP) is 3.12. The Morgan fingerprint density at radius 2 is 2.07 bits per heavy atom. The summed E-state index contributed by atoms with van der Waals surface area (Å²) in [6, 6.07) is 11.4. The van der Waals surface area contributed by atoms with Crippen molar-refractivity contribution in [1.82, 2.24) is 25.2 Å². The molecule has 0 saturated heterocycles. The molecule has 0 saturated carbocycles. The molecule has 0 fully saturated rings. The van der Waals surface area contributed by atoms with Crippen molar-refractivity contribution in [3.05, 3.63) is 99.4 Å². The minimum atomic E-state index is -0.982. The summed E-state index contributed by atoms with van der Waals surface area (Å²) in [7, 11) is 0. The Hall–Kier alpha value is -5.77. The minimum absolute atomic E-state index is 0.0489. The number of amidine groups is 1. The number of carboxylic acids is 1. The van der Waals surface area contributed by atoms with Gasteiger partial charge in [0.1, 0.15) is 22.2 Å². The molecule has 0 bridgehead atoms. The Labute approximate surface area is 239 Å². The van der Waals surface area contributed by atoms with E-state index in [1.165, 1.54) is 16.8 Å². The van der Waals surface area contributed by atoms with Crippen LogP contribution in [-0.4, -0.2) is 49.9 Å². The van der Waals surface area contributed by atoms with Crippen molar-refractivity contribution in [2.75, 3.05) is 11.9 Å². The number of nitrogens with one attached hydrogen (secondary N) is 3. The van der Waals surface area contributed by atoms with E-state index in [1.807, 2.05) is 6.07 Å². The molecule has 2 aromatic heterocycles. The number of carbonyl (C=O) groups excluding carboxylic acids is 2. The number of benzene rings is 2. The third kappa shape index (κ3) is 4.86. The van der Waals surface area contributed by atoms with Gasteiger partial charge >= 0.3 is 5.97 Å². The summed E-state index contributed by atoms with van der Waals surface area (Å²) >= 11 is 0. The monoisotopic (exact) mass is 564 g/mol. The quantitative estimate of drug-likeness (QED) is 0.205. The van der Waals surface area contributed by atoms with Crippen LogP contribution >= 0.6 is 0 Å². The van der Waals surface area contributed by atoms with Crippen LogP contribution in [0.15, 0.2) is 53.8 Å². The molecule has 2 amide bonds. The summed E-state index contributed by atoms with van der Waals surface area (Å²) < 4.78 is 6.96. The number of carboxylic acid groups (broad SMARTS) is 1. The van der Waals surface area contributed by atoms with E-state index in [4.69, 9.17) is 11.3 Å². The van der Waals surface area contributed by atoms with Gasteiger partial charge in [-0.15, -0.1) is 4.95 Å². The summed E-state index contributed by atoms with van der Waals surface area (Å²) in [6.45, 7) is 9.02. The number of aromatic nitrogens is 3. The SMILES string of the molecule is [C-]#[N+]N=C1COc2ccc(CNC(=O)c3cc(C(=O)N[C@H]4CCc5c4ccc(C(=O)O)c5C)n4nccc4n3)cc2N1. The van der Waals surface area contributed by atoms with Gasteiger partial charge in [0.25, 0.3) is 11.8 Å². The number of aromatic carboxylic acids is 1. The Bertz CT molecular complexity index is 1850. The lowest BCUT2D eigenvalue weighted by molar-refractivity contribution is 0.0695. The van der Waals surface area contributed by atoms with Gasteiger partial charge in [-0.3, -0.25) is 9.59 Å². The number of ether oxygens (including phenoxy) is 1. The molecule has 13 nitrogen and oxygen atoms in total. The van der Waals surface area contributed by atoms with E-state index in [0.29, 0.717) is 41.3 Å². The van der Waals surface area contributed by atoms with Gasteiger partial charge in [-0.05, 0) is 60.2 Å². The van der Waals surface area contributed by atoms with Gasteiger partial charge in [0.15, 0.2) is 12.3 Å². The number of carbonyl (C=O) groups is 3. The van der Waals surface area contributed by atoms with Crippen molar-refractivity contribution in [2.24, 2.45) is 5.10 Å². The van der Waals surface area contributed by atoms with Gasteiger partial charge in [0.05, 0.1) is 23.5 Å². The molecule has 6 rings (SSSR count). The van der Waals surface area contributed by atoms with Crippen LogP contribution in [0, 0.1) is 13.5 Å². The van der Waals surface area contributed by atoms with Crippen molar-refractivity contribution in [1.29, 1.82) is 0 Å². The van der Waals surface area contributed by atoms with Crippen LogP contribution in [0.2, 0.25) is 0 Å². The Morgan fingerprint density at radius 1 is 1.21 bits per heavy atom. The first-order valence-corrected chi connectivity index (χ1v) is 13.1. The lowest BCUT2D eigenvalue weighted by Crippen LogP contribution is -2.30. The maximum atomic E-state index is 13.5. The number of fused-ring (bicyclic) bond motifs is 3. The number of hydrogen-bond donors (Lipinski definition) is 4. The van der Waals surface area contributed by atoms with Gasteiger partial charge in [-0.2, -0.15) is 11.7 Å². The molecule has 2 aliphatic rings. The molecule has 0 spiro atoms. The van der Waals surface area contributed by atoms with E-state index in [1.54, 1.807) is 37.3 Å². The Morgan fingerprint density at radius 3 is 2.88 bits per heavy atom. The molecular formula is C29H24N8O5. The molecule has 4 N–H and O–H groups in total. The van der Waals surface area contributed by atoms with Crippen LogP contribution in [0.25, 0.3) is 10.6 Å². The van der Waals surface area contributed by atoms with Crippen LogP contribution in [0.3, 0.4) is 0 Å². The summed E-state index contributed by atoms with van der Waals surface area (Å²) in [5.74, 6) is -0.892. The summed E-state index contributed by atoms with van der Waals surface area (Å²) in [5, 5.41) is 26.2. The summed E-state index contributed by atoms with van der Waals surface area (Å²) in [4.78, 5) is 45.5. The molecule has 1 atom stereocenters. The molecule has 1 aliphatic carbocycles. The lowest BCUT2D eigenvalue weighted by atomic mass is 9.98. The van der Waals surface area contributed by atoms with E-state index in [0.717, 1.165) is 16.7 Å². The summed E-state index contributed by atoms with van der Waals surface area (Å²) in [5.41, 5.74) is 4.70. The number of rotatable bonds is 6. The van der Waals surface area contributed by atoms with Gasteiger partial charge in [0, 0.05) is 18.7 Å². The van der Waals surface area contributed by atoms with Crippen molar-refractivity contribution >= 4 is 35.0 Å². The van der Waals surface area contributed by atoms with Crippen LogP contribution in [0.1, 0.15) is 66.1 Å². The normalized spacial score (nSPS) is 16.1. The smallest absolute Gasteiger partial charge is 0.335 e. The van der Waals surface area contributed by atoms with Crippen LogP contribution in [0.4, 0.5) is 5.69 Å². The fourth-order valence-electron chi connectivity index (χ4n) is 5.32. The zero-order valence-corrected chi connectivity index (χ0v) is 22.3.